The molecule has 124 valence electrons. The van der Waals surface area contributed by atoms with Crippen LogP contribution in [0.2, 0.25) is 0 Å². The van der Waals surface area contributed by atoms with Crippen LogP contribution in [0.3, 0.4) is 0 Å². The number of likely N-dealkylation sites (tertiary alicyclic amines) is 1. The zero-order chi connectivity index (χ0) is 17.1. The average molecular weight is 325 g/mol. The molecule has 0 radical (unpaired) electrons. The van der Waals surface area contributed by atoms with Crippen molar-refractivity contribution >= 4 is 17.5 Å². The molecule has 0 saturated carbocycles. The molecule has 6 heteroatoms. The first-order chi connectivity index (χ1) is 11.6. The van der Waals surface area contributed by atoms with Crippen molar-refractivity contribution in [3.05, 3.63) is 60.5 Å². The zero-order valence-corrected chi connectivity index (χ0v) is 13.5. The Balaban J connectivity index is 1.77. The Bertz CT molecular complexity index is 737. The van der Waals surface area contributed by atoms with Gasteiger partial charge in [-0.1, -0.05) is 11.7 Å². The molecule has 3 rings (SSSR count). The van der Waals surface area contributed by atoms with Crippen molar-refractivity contribution in [2.75, 3.05) is 18.5 Å². The summed E-state index contributed by atoms with van der Waals surface area (Å²) in [5.41, 5.74) is 2.09. The second-order valence-corrected chi connectivity index (χ2v) is 5.73. The number of likely N-dealkylation sites (N-methyl/N-ethyl adjacent to an activating group) is 1. The fraction of sp³-hybridized carbons (Fsp3) is 0.278. The second-order valence-electron chi connectivity index (χ2n) is 5.73. The van der Waals surface area contributed by atoms with Crippen molar-refractivity contribution in [1.29, 1.82) is 0 Å². The highest BCUT2D eigenvalue weighted by atomic mass is 16.5. The van der Waals surface area contributed by atoms with E-state index in [0.717, 1.165) is 18.5 Å². The number of anilines is 1. The third kappa shape index (κ3) is 2.95. The Labute approximate surface area is 140 Å². The van der Waals surface area contributed by atoms with Gasteiger partial charge in [-0.3, -0.25) is 9.59 Å². The number of amides is 2. The molecule has 1 aromatic carbocycles. The van der Waals surface area contributed by atoms with E-state index in [4.69, 9.17) is 4.52 Å². The van der Waals surface area contributed by atoms with Crippen molar-refractivity contribution in [2.24, 2.45) is 0 Å². The summed E-state index contributed by atoms with van der Waals surface area (Å²) in [6.45, 7) is 4.17. The third-order valence-electron chi connectivity index (χ3n) is 4.32. The highest BCUT2D eigenvalue weighted by Gasteiger charge is 2.32. The van der Waals surface area contributed by atoms with E-state index in [-0.39, 0.29) is 17.9 Å². The molecule has 6 nitrogen and oxygen atoms in total. The molecular weight excluding hydrogens is 306 g/mol. The summed E-state index contributed by atoms with van der Waals surface area (Å²) < 4.78 is 4.90. The third-order valence-corrected chi connectivity index (χ3v) is 4.32. The normalized spacial score (nSPS) is 16.9. The first kappa shape index (κ1) is 16.0. The lowest BCUT2D eigenvalue weighted by Crippen LogP contribution is -2.30. The zero-order valence-electron chi connectivity index (χ0n) is 13.5. The first-order valence-corrected chi connectivity index (χ1v) is 7.83. The number of benzene rings is 1. The maximum atomic E-state index is 12.8. The molecule has 1 aromatic heterocycles. The SMILES string of the molecule is C=CC(=O)N(C)c1ccc(C(=O)N2CCC[C@@H]2c2ccon2)cc1. The first-order valence-electron chi connectivity index (χ1n) is 7.83. The van der Waals surface area contributed by atoms with Gasteiger partial charge in [-0.05, 0) is 43.2 Å². The molecule has 2 amide bonds. The summed E-state index contributed by atoms with van der Waals surface area (Å²) in [6.07, 6.45) is 4.61. The molecule has 0 aliphatic carbocycles. The van der Waals surface area contributed by atoms with Crippen LogP contribution in [0.25, 0.3) is 0 Å². The number of aromatic nitrogens is 1. The molecule has 24 heavy (non-hydrogen) atoms. The Morgan fingerprint density at radius 2 is 2.08 bits per heavy atom. The van der Waals surface area contributed by atoms with E-state index in [0.29, 0.717) is 17.8 Å². The van der Waals surface area contributed by atoms with E-state index in [1.807, 2.05) is 4.90 Å². The monoisotopic (exact) mass is 325 g/mol. The maximum Gasteiger partial charge on any atom is 0.254 e. The molecule has 0 unspecified atom stereocenters. The minimum Gasteiger partial charge on any atom is -0.364 e. The van der Waals surface area contributed by atoms with Crippen LogP contribution in [-0.4, -0.2) is 35.5 Å². The molecule has 0 spiro atoms. The molecular formula is C18H19N3O3. The number of hydrogen-bond acceptors (Lipinski definition) is 4. The van der Waals surface area contributed by atoms with Gasteiger partial charge >= 0.3 is 0 Å². The smallest absolute Gasteiger partial charge is 0.254 e. The number of carbonyl (C=O) groups is 2. The van der Waals surface area contributed by atoms with Crippen LogP contribution in [0.1, 0.15) is 34.9 Å². The van der Waals surface area contributed by atoms with Gasteiger partial charge in [0.2, 0.25) is 5.91 Å². The predicted octanol–water partition coefficient (Wildman–Crippen LogP) is 2.80. The van der Waals surface area contributed by atoms with Gasteiger partial charge < -0.3 is 14.3 Å². The van der Waals surface area contributed by atoms with Crippen LogP contribution < -0.4 is 4.90 Å². The van der Waals surface area contributed by atoms with Crippen LogP contribution in [0.15, 0.2) is 53.8 Å². The van der Waals surface area contributed by atoms with E-state index in [1.54, 1.807) is 37.4 Å². The highest BCUT2D eigenvalue weighted by molar-refractivity contribution is 6.01. The lowest BCUT2D eigenvalue weighted by atomic mass is 10.1. The van der Waals surface area contributed by atoms with Crippen LogP contribution in [-0.2, 0) is 4.79 Å². The molecule has 2 aromatic rings. The molecule has 1 fully saturated rings. The Kier molecular flexibility index (Phi) is 4.46. The second kappa shape index (κ2) is 6.70. The number of hydrogen-bond donors (Lipinski definition) is 0. The van der Waals surface area contributed by atoms with Crippen LogP contribution in [0, 0.1) is 0 Å². The summed E-state index contributed by atoms with van der Waals surface area (Å²) in [4.78, 5) is 27.7. The molecule has 2 heterocycles. The Morgan fingerprint density at radius 3 is 2.71 bits per heavy atom. The summed E-state index contributed by atoms with van der Waals surface area (Å²) in [6, 6.07) is 8.76. The van der Waals surface area contributed by atoms with Crippen molar-refractivity contribution in [3.63, 3.8) is 0 Å². The molecule has 1 atom stereocenters. The van der Waals surface area contributed by atoms with E-state index < -0.39 is 0 Å². The van der Waals surface area contributed by atoms with Gasteiger partial charge in [0, 0.05) is 30.9 Å². The van der Waals surface area contributed by atoms with Gasteiger partial charge in [0.1, 0.15) is 12.0 Å². The maximum absolute atomic E-state index is 12.8. The minimum absolute atomic E-state index is 0.0373. The van der Waals surface area contributed by atoms with Crippen molar-refractivity contribution in [1.82, 2.24) is 10.1 Å². The molecule has 0 N–H and O–H groups in total. The van der Waals surface area contributed by atoms with Crippen molar-refractivity contribution < 1.29 is 14.1 Å². The quantitative estimate of drug-likeness (QED) is 0.811. The van der Waals surface area contributed by atoms with E-state index in [1.165, 1.54) is 17.2 Å². The topological polar surface area (TPSA) is 66.7 Å². The number of rotatable bonds is 4. The fourth-order valence-electron chi connectivity index (χ4n) is 2.97. The van der Waals surface area contributed by atoms with Crippen molar-refractivity contribution in [3.8, 4) is 0 Å². The summed E-state index contributed by atoms with van der Waals surface area (Å²) >= 11 is 0. The van der Waals surface area contributed by atoms with Gasteiger partial charge in [0.05, 0.1) is 6.04 Å². The molecule has 0 bridgehead atoms. The molecule has 1 aliphatic heterocycles. The van der Waals surface area contributed by atoms with Crippen LogP contribution in [0.5, 0.6) is 0 Å². The van der Waals surface area contributed by atoms with Gasteiger partial charge in [-0.2, -0.15) is 0 Å². The number of nitrogens with zero attached hydrogens (tertiary/aromatic N) is 3. The lowest BCUT2D eigenvalue weighted by molar-refractivity contribution is -0.113. The molecule has 1 aliphatic rings. The fourth-order valence-corrected chi connectivity index (χ4v) is 2.97. The lowest BCUT2D eigenvalue weighted by Gasteiger charge is -2.23. The van der Waals surface area contributed by atoms with Crippen LogP contribution in [0.4, 0.5) is 5.69 Å². The minimum atomic E-state index is -0.195. The largest absolute Gasteiger partial charge is 0.364 e. The van der Waals surface area contributed by atoms with Crippen molar-refractivity contribution in [2.45, 2.75) is 18.9 Å². The molecule has 1 saturated heterocycles. The van der Waals surface area contributed by atoms with Gasteiger partial charge in [0.25, 0.3) is 5.91 Å². The highest BCUT2D eigenvalue weighted by Crippen LogP contribution is 2.32. The van der Waals surface area contributed by atoms with E-state index >= 15 is 0 Å². The average Bonchev–Trinajstić information content (AvgIpc) is 3.30. The Hall–Kier alpha value is -2.89. The van der Waals surface area contributed by atoms with Gasteiger partial charge in [-0.15, -0.1) is 0 Å². The van der Waals surface area contributed by atoms with E-state index in [2.05, 4.69) is 11.7 Å². The van der Waals surface area contributed by atoms with Crippen LogP contribution >= 0.6 is 0 Å². The summed E-state index contributed by atoms with van der Waals surface area (Å²) in [7, 11) is 1.67. The summed E-state index contributed by atoms with van der Waals surface area (Å²) in [5.74, 6) is -0.232. The Morgan fingerprint density at radius 1 is 1.33 bits per heavy atom. The number of carbonyl (C=O) groups excluding carboxylic acids is 2. The van der Waals surface area contributed by atoms with Gasteiger partial charge in [-0.25, -0.2) is 0 Å². The summed E-state index contributed by atoms with van der Waals surface area (Å²) in [5, 5.41) is 3.97. The standard InChI is InChI=1S/C18H19N3O3/c1-3-17(22)20(2)14-8-6-13(7-9-14)18(23)21-11-4-5-16(21)15-10-12-24-19-15/h3,6-10,12,16H,1,4-5,11H2,2H3/t16-/m1/s1. The van der Waals surface area contributed by atoms with Gasteiger partial charge in [0.15, 0.2) is 0 Å². The van der Waals surface area contributed by atoms with E-state index in [9.17, 15) is 9.59 Å². The predicted molar refractivity (Wildman–Crippen MR) is 89.6 cm³/mol.